The van der Waals surface area contributed by atoms with Crippen LogP contribution in [0.15, 0.2) is 17.0 Å². The lowest BCUT2D eigenvalue weighted by atomic mass is 9.85. The van der Waals surface area contributed by atoms with Crippen LogP contribution in [0.1, 0.15) is 39.0 Å². The lowest BCUT2D eigenvalue weighted by molar-refractivity contribution is 0.303. The van der Waals surface area contributed by atoms with Gasteiger partial charge >= 0.3 is 0 Å². The summed E-state index contributed by atoms with van der Waals surface area (Å²) < 4.78 is 53.8. The summed E-state index contributed by atoms with van der Waals surface area (Å²) in [4.78, 5) is -0.607. The fourth-order valence-corrected chi connectivity index (χ4v) is 4.20. The highest BCUT2D eigenvalue weighted by Crippen LogP contribution is 2.28. The molecule has 0 amide bonds. The molecule has 0 bridgehead atoms. The van der Waals surface area contributed by atoms with Crippen LogP contribution in [0.3, 0.4) is 0 Å². The molecule has 0 saturated heterocycles. The van der Waals surface area contributed by atoms with Gasteiger partial charge in [0.1, 0.15) is 16.5 Å². The molecule has 0 aliphatic heterocycles. The van der Waals surface area contributed by atoms with Crippen molar-refractivity contribution in [1.29, 1.82) is 0 Å². The number of nitrogens with two attached hydrogens (primary N) is 1. The summed E-state index contributed by atoms with van der Waals surface area (Å²) in [6.45, 7) is 1.78. The Kier molecular flexibility index (Phi) is 4.83. The number of nitrogen functional groups attached to an aromatic ring is 1. The predicted molar refractivity (Wildman–Crippen MR) is 77.1 cm³/mol. The summed E-state index contributed by atoms with van der Waals surface area (Å²) in [7, 11) is -4.05. The van der Waals surface area contributed by atoms with Crippen molar-refractivity contribution in [2.24, 2.45) is 5.92 Å². The lowest BCUT2D eigenvalue weighted by Crippen LogP contribution is -2.39. The number of rotatable bonds is 4. The third-order valence-electron chi connectivity index (χ3n) is 4.04. The Morgan fingerprint density at radius 1 is 1.19 bits per heavy atom. The number of halogens is 2. The second-order valence-corrected chi connectivity index (χ2v) is 7.29. The second-order valence-electron chi connectivity index (χ2n) is 5.61. The van der Waals surface area contributed by atoms with E-state index < -0.39 is 26.6 Å². The molecular weight excluding hydrogens is 298 g/mol. The Morgan fingerprint density at radius 3 is 2.43 bits per heavy atom. The van der Waals surface area contributed by atoms with Crippen LogP contribution in [0.25, 0.3) is 0 Å². The average molecular weight is 318 g/mol. The number of hydrogen-bond acceptors (Lipinski definition) is 3. The van der Waals surface area contributed by atoms with Gasteiger partial charge in [-0.05, 0) is 31.7 Å². The van der Waals surface area contributed by atoms with Gasteiger partial charge in [0, 0.05) is 12.1 Å². The molecule has 1 aliphatic rings. The molecule has 1 saturated carbocycles. The fraction of sp³-hybridized carbons (Fsp3) is 0.571. The van der Waals surface area contributed by atoms with Gasteiger partial charge in [-0.15, -0.1) is 0 Å². The molecular formula is C14H20F2N2O2S. The quantitative estimate of drug-likeness (QED) is 0.839. The van der Waals surface area contributed by atoms with Crippen molar-refractivity contribution in [2.75, 3.05) is 5.73 Å². The highest BCUT2D eigenvalue weighted by atomic mass is 32.2. The normalized spacial score (nSPS) is 18.6. The molecule has 2 rings (SSSR count). The van der Waals surface area contributed by atoms with E-state index in [1.807, 2.05) is 0 Å². The Balaban J connectivity index is 2.20. The minimum absolute atomic E-state index is 0.245. The molecule has 0 radical (unpaired) electrons. The zero-order chi connectivity index (χ0) is 15.6. The zero-order valence-electron chi connectivity index (χ0n) is 11.9. The number of benzene rings is 1. The van der Waals surface area contributed by atoms with Gasteiger partial charge in [-0.25, -0.2) is 21.9 Å². The minimum Gasteiger partial charge on any atom is -0.396 e. The van der Waals surface area contributed by atoms with Crippen LogP contribution in [-0.4, -0.2) is 14.5 Å². The maximum absolute atomic E-state index is 13.7. The predicted octanol–water partition coefficient (Wildman–Crippen LogP) is 2.79. The van der Waals surface area contributed by atoms with Crippen molar-refractivity contribution < 1.29 is 17.2 Å². The van der Waals surface area contributed by atoms with Gasteiger partial charge in [0.2, 0.25) is 10.0 Å². The van der Waals surface area contributed by atoms with E-state index in [9.17, 15) is 17.2 Å². The zero-order valence-corrected chi connectivity index (χ0v) is 12.7. The van der Waals surface area contributed by atoms with Crippen LogP contribution >= 0.6 is 0 Å². The summed E-state index contributed by atoms with van der Waals surface area (Å²) in [5.74, 6) is -1.86. The van der Waals surface area contributed by atoms with Crippen LogP contribution in [0.5, 0.6) is 0 Å². The number of nitrogens with one attached hydrogen (secondary N) is 1. The van der Waals surface area contributed by atoms with Gasteiger partial charge in [0.15, 0.2) is 0 Å². The number of hydrogen-bond donors (Lipinski definition) is 2. The molecule has 0 aromatic heterocycles. The van der Waals surface area contributed by atoms with Crippen LogP contribution in [0, 0.1) is 17.6 Å². The van der Waals surface area contributed by atoms with Crippen molar-refractivity contribution in [1.82, 2.24) is 4.72 Å². The molecule has 0 spiro atoms. The summed E-state index contributed by atoms with van der Waals surface area (Å²) in [5, 5.41) is 0. The van der Waals surface area contributed by atoms with Gasteiger partial charge in [0.25, 0.3) is 0 Å². The van der Waals surface area contributed by atoms with Crippen molar-refractivity contribution in [3.63, 3.8) is 0 Å². The molecule has 1 aromatic carbocycles. The third-order valence-corrected chi connectivity index (χ3v) is 5.61. The summed E-state index contributed by atoms with van der Waals surface area (Å²) in [6.07, 6.45) is 5.23. The molecule has 118 valence electrons. The van der Waals surface area contributed by atoms with E-state index >= 15 is 0 Å². The first-order valence-electron chi connectivity index (χ1n) is 7.08. The van der Waals surface area contributed by atoms with Crippen molar-refractivity contribution in [3.8, 4) is 0 Å². The molecule has 0 heterocycles. The van der Waals surface area contributed by atoms with Gasteiger partial charge in [0.05, 0.1) is 5.69 Å². The first kappa shape index (κ1) is 16.2. The molecule has 1 fully saturated rings. The van der Waals surface area contributed by atoms with E-state index in [2.05, 4.69) is 4.72 Å². The molecule has 3 N–H and O–H groups in total. The average Bonchev–Trinajstić information content (AvgIpc) is 2.43. The molecule has 7 heteroatoms. The maximum atomic E-state index is 13.7. The van der Waals surface area contributed by atoms with Crippen LogP contribution in [-0.2, 0) is 10.0 Å². The number of sulfonamides is 1. The number of anilines is 1. The molecule has 21 heavy (non-hydrogen) atoms. The van der Waals surface area contributed by atoms with Crippen LogP contribution in [0.2, 0.25) is 0 Å². The Labute approximate surface area is 123 Å². The monoisotopic (exact) mass is 318 g/mol. The summed E-state index contributed by atoms with van der Waals surface area (Å²) in [5.41, 5.74) is 4.94. The molecule has 4 nitrogen and oxygen atoms in total. The van der Waals surface area contributed by atoms with Gasteiger partial charge in [-0.1, -0.05) is 19.3 Å². The molecule has 1 unspecified atom stereocenters. The standard InChI is InChI=1S/C14H20F2N2O2S/c1-9(10-5-3-2-4-6-10)18-21(19,20)14-8-13(17)11(15)7-12(14)16/h7-10,18H,2-6,17H2,1H3. The van der Waals surface area contributed by atoms with E-state index in [0.29, 0.717) is 6.07 Å². The minimum atomic E-state index is -4.05. The molecule has 1 aliphatic carbocycles. The van der Waals surface area contributed by atoms with E-state index in [4.69, 9.17) is 5.73 Å². The van der Waals surface area contributed by atoms with Gasteiger partial charge in [-0.2, -0.15) is 0 Å². The fourth-order valence-electron chi connectivity index (χ4n) is 2.79. The van der Waals surface area contributed by atoms with E-state index in [1.54, 1.807) is 6.92 Å². The molecule has 1 aromatic rings. The topological polar surface area (TPSA) is 72.2 Å². The Morgan fingerprint density at radius 2 is 1.81 bits per heavy atom. The van der Waals surface area contributed by atoms with Crippen LogP contribution < -0.4 is 10.5 Å². The Hall–Kier alpha value is -1.21. The third kappa shape index (κ3) is 3.71. The largest absolute Gasteiger partial charge is 0.396 e. The van der Waals surface area contributed by atoms with Crippen molar-refractivity contribution in [3.05, 3.63) is 23.8 Å². The van der Waals surface area contributed by atoms with E-state index in [-0.39, 0.29) is 17.6 Å². The summed E-state index contributed by atoms with van der Waals surface area (Å²) in [6, 6.07) is 1.02. The maximum Gasteiger partial charge on any atom is 0.243 e. The SMILES string of the molecule is CC(NS(=O)(=O)c1cc(N)c(F)cc1F)C1CCCCC1. The van der Waals surface area contributed by atoms with Crippen molar-refractivity contribution in [2.45, 2.75) is 50.0 Å². The van der Waals surface area contributed by atoms with Gasteiger partial charge in [-0.3, -0.25) is 0 Å². The Bertz CT molecular complexity index is 614. The van der Waals surface area contributed by atoms with Crippen LogP contribution in [0.4, 0.5) is 14.5 Å². The highest BCUT2D eigenvalue weighted by molar-refractivity contribution is 7.89. The van der Waals surface area contributed by atoms with E-state index in [1.165, 1.54) is 6.42 Å². The first-order chi connectivity index (χ1) is 9.81. The van der Waals surface area contributed by atoms with E-state index in [0.717, 1.165) is 31.7 Å². The summed E-state index contributed by atoms with van der Waals surface area (Å²) >= 11 is 0. The highest BCUT2D eigenvalue weighted by Gasteiger charge is 2.27. The van der Waals surface area contributed by atoms with Gasteiger partial charge < -0.3 is 5.73 Å². The lowest BCUT2D eigenvalue weighted by Gasteiger charge is -2.28. The van der Waals surface area contributed by atoms with Crippen molar-refractivity contribution >= 4 is 15.7 Å². The second kappa shape index (κ2) is 6.27. The molecule has 1 atom stereocenters. The first-order valence-corrected chi connectivity index (χ1v) is 8.56. The smallest absolute Gasteiger partial charge is 0.243 e.